The molecule has 2 aliphatic heterocycles. The maximum absolute atomic E-state index is 12.3. The van der Waals surface area contributed by atoms with Crippen molar-refractivity contribution in [2.75, 3.05) is 24.7 Å². The molecule has 3 rings (SSSR count). The minimum absolute atomic E-state index is 0. The van der Waals surface area contributed by atoms with Gasteiger partial charge in [-0.2, -0.15) is 0 Å². The van der Waals surface area contributed by atoms with E-state index in [1.54, 1.807) is 23.9 Å². The Balaban J connectivity index is 0.00000243. The molecule has 2 amide bonds. The van der Waals surface area contributed by atoms with Gasteiger partial charge in [0.25, 0.3) is 5.69 Å². The molecule has 0 aromatic heterocycles. The van der Waals surface area contributed by atoms with E-state index in [2.05, 4.69) is 10.6 Å². The van der Waals surface area contributed by atoms with Gasteiger partial charge in [0.15, 0.2) is 0 Å². The van der Waals surface area contributed by atoms with Gasteiger partial charge in [-0.3, -0.25) is 19.7 Å². The Morgan fingerprint density at radius 1 is 1.42 bits per heavy atom. The maximum atomic E-state index is 12.3. The van der Waals surface area contributed by atoms with E-state index in [0.717, 1.165) is 18.2 Å². The molecule has 2 atom stereocenters. The fourth-order valence-corrected chi connectivity index (χ4v) is 4.04. The molecule has 2 heterocycles. The van der Waals surface area contributed by atoms with E-state index in [1.807, 2.05) is 4.90 Å². The Morgan fingerprint density at radius 2 is 2.23 bits per heavy atom. The zero-order chi connectivity index (χ0) is 17.8. The van der Waals surface area contributed by atoms with Crippen LogP contribution in [0.15, 0.2) is 24.3 Å². The summed E-state index contributed by atoms with van der Waals surface area (Å²) in [7, 11) is 0. The van der Waals surface area contributed by atoms with Gasteiger partial charge in [-0.1, -0.05) is 12.1 Å². The van der Waals surface area contributed by atoms with Gasteiger partial charge in [-0.15, -0.1) is 24.2 Å². The number of rotatable bonds is 5. The number of carbonyl (C=O) groups is 2. The summed E-state index contributed by atoms with van der Waals surface area (Å²) in [5.41, 5.74) is 0.571. The van der Waals surface area contributed by atoms with Crippen LogP contribution in [-0.4, -0.2) is 58.4 Å². The number of non-ortho nitro benzene ring substituents is 1. The lowest BCUT2D eigenvalue weighted by molar-refractivity contribution is -0.384. The van der Waals surface area contributed by atoms with E-state index in [9.17, 15) is 19.7 Å². The van der Waals surface area contributed by atoms with Crippen molar-refractivity contribution in [2.24, 2.45) is 0 Å². The van der Waals surface area contributed by atoms with Crippen molar-refractivity contribution in [2.45, 2.75) is 24.9 Å². The number of nitrogens with zero attached hydrogens (tertiary/aromatic N) is 2. The van der Waals surface area contributed by atoms with Gasteiger partial charge < -0.3 is 15.5 Å². The van der Waals surface area contributed by atoms with Gasteiger partial charge >= 0.3 is 0 Å². The van der Waals surface area contributed by atoms with Crippen LogP contribution in [0, 0.1) is 10.1 Å². The largest absolute Gasteiger partial charge is 0.352 e. The average Bonchev–Trinajstić information content (AvgIpc) is 3.26. The number of hydrogen-bond acceptors (Lipinski definition) is 6. The summed E-state index contributed by atoms with van der Waals surface area (Å²) in [6, 6.07) is 5.72. The molecule has 0 saturated carbocycles. The highest BCUT2D eigenvalue weighted by Crippen LogP contribution is 2.18. The lowest BCUT2D eigenvalue weighted by atomic mass is 10.1. The number of hydrogen-bond donors (Lipinski definition) is 2. The monoisotopic (exact) mass is 400 g/mol. The Kier molecular flexibility index (Phi) is 7.24. The molecule has 0 radical (unpaired) electrons. The van der Waals surface area contributed by atoms with Crippen LogP contribution in [0.25, 0.3) is 0 Å². The van der Waals surface area contributed by atoms with E-state index in [-0.39, 0.29) is 48.4 Å². The fourth-order valence-electron chi connectivity index (χ4n) is 3.09. The van der Waals surface area contributed by atoms with E-state index in [1.165, 1.54) is 12.1 Å². The molecule has 0 unspecified atom stereocenters. The first-order valence-corrected chi connectivity index (χ1v) is 9.31. The summed E-state index contributed by atoms with van der Waals surface area (Å²) in [5, 5.41) is 16.9. The summed E-state index contributed by atoms with van der Waals surface area (Å²) in [4.78, 5) is 36.7. The summed E-state index contributed by atoms with van der Waals surface area (Å²) >= 11 is 1.74. The van der Waals surface area contributed by atoms with Gasteiger partial charge in [0, 0.05) is 37.0 Å². The smallest absolute Gasteiger partial charge is 0.269 e. The second-order valence-corrected chi connectivity index (χ2v) is 7.28. The number of carbonyl (C=O) groups excluding carboxylic acids is 2. The molecule has 2 fully saturated rings. The highest BCUT2D eigenvalue weighted by molar-refractivity contribution is 7.99. The molecular formula is C16H21ClN4O4S. The minimum atomic E-state index is -0.477. The van der Waals surface area contributed by atoms with Crippen LogP contribution < -0.4 is 10.6 Å². The maximum Gasteiger partial charge on any atom is 0.269 e. The van der Waals surface area contributed by atoms with Crippen LogP contribution in [0.2, 0.25) is 0 Å². The molecule has 8 nitrogen and oxygen atoms in total. The SMILES string of the molecule is Cl.O=C(Cc1cccc([N+](=O)[O-])c1)N[C@@H]1CN[C@H](C(=O)N2CCSC2)C1. The van der Waals surface area contributed by atoms with Crippen molar-refractivity contribution in [3.05, 3.63) is 39.9 Å². The molecule has 1 aromatic carbocycles. The van der Waals surface area contributed by atoms with Crippen molar-refractivity contribution < 1.29 is 14.5 Å². The van der Waals surface area contributed by atoms with Gasteiger partial charge in [0.05, 0.1) is 23.3 Å². The third-order valence-corrected chi connectivity index (χ3v) is 5.31. The van der Waals surface area contributed by atoms with Crippen LogP contribution >= 0.6 is 24.2 Å². The minimum Gasteiger partial charge on any atom is -0.352 e. The molecule has 1 aromatic rings. The summed E-state index contributed by atoms with van der Waals surface area (Å²) in [5.74, 6) is 1.61. The standard InChI is InChI=1S/C16H20N4O4S.ClH/c21-15(7-11-2-1-3-13(6-11)20(23)24)18-12-8-14(17-9-12)16(22)19-4-5-25-10-19;/h1-3,6,12,14,17H,4-5,7-10H2,(H,18,21);1H/t12-,14-;/m0./s1. The highest BCUT2D eigenvalue weighted by atomic mass is 35.5. The zero-order valence-electron chi connectivity index (χ0n) is 14.1. The first kappa shape index (κ1) is 20.5. The van der Waals surface area contributed by atoms with Crippen LogP contribution in [-0.2, 0) is 16.0 Å². The molecule has 0 aliphatic carbocycles. The van der Waals surface area contributed by atoms with Crippen LogP contribution in [0.3, 0.4) is 0 Å². The summed E-state index contributed by atoms with van der Waals surface area (Å²) < 4.78 is 0. The van der Waals surface area contributed by atoms with Crippen molar-refractivity contribution in [3.63, 3.8) is 0 Å². The molecule has 0 spiro atoms. The van der Waals surface area contributed by atoms with Crippen molar-refractivity contribution in [3.8, 4) is 0 Å². The van der Waals surface area contributed by atoms with E-state index in [0.29, 0.717) is 18.5 Å². The molecular weight excluding hydrogens is 380 g/mol. The third kappa shape index (κ3) is 5.09. The molecule has 142 valence electrons. The Morgan fingerprint density at radius 3 is 2.92 bits per heavy atom. The number of nitro groups is 1. The number of amides is 2. The molecule has 10 heteroatoms. The average molecular weight is 401 g/mol. The van der Waals surface area contributed by atoms with E-state index >= 15 is 0 Å². The summed E-state index contributed by atoms with van der Waals surface area (Å²) in [6.07, 6.45) is 0.653. The Labute approximate surface area is 161 Å². The first-order chi connectivity index (χ1) is 12.0. The second kappa shape index (κ2) is 9.20. The molecule has 2 aliphatic rings. The van der Waals surface area contributed by atoms with Crippen LogP contribution in [0.4, 0.5) is 5.69 Å². The number of nitro benzene ring substituents is 1. The number of nitrogens with one attached hydrogen (secondary N) is 2. The predicted octanol–water partition coefficient (Wildman–Crippen LogP) is 0.939. The molecule has 2 N–H and O–H groups in total. The number of benzene rings is 1. The van der Waals surface area contributed by atoms with Crippen molar-refractivity contribution >= 4 is 41.7 Å². The quantitative estimate of drug-likeness (QED) is 0.563. The highest BCUT2D eigenvalue weighted by Gasteiger charge is 2.33. The molecule has 26 heavy (non-hydrogen) atoms. The van der Waals surface area contributed by atoms with E-state index in [4.69, 9.17) is 0 Å². The third-order valence-electron chi connectivity index (χ3n) is 4.34. The normalized spacial score (nSPS) is 21.9. The molecule has 0 bridgehead atoms. The lowest BCUT2D eigenvalue weighted by Gasteiger charge is -2.19. The van der Waals surface area contributed by atoms with E-state index < -0.39 is 4.92 Å². The predicted molar refractivity (Wildman–Crippen MR) is 101 cm³/mol. The number of thioether (sulfide) groups is 1. The Hall–Kier alpha value is -1.84. The summed E-state index contributed by atoms with van der Waals surface area (Å²) in [6.45, 7) is 1.34. The number of halogens is 1. The Bertz CT molecular complexity index is 684. The lowest BCUT2D eigenvalue weighted by Crippen LogP contribution is -2.42. The van der Waals surface area contributed by atoms with Crippen molar-refractivity contribution in [1.82, 2.24) is 15.5 Å². The van der Waals surface area contributed by atoms with Gasteiger partial charge in [-0.05, 0) is 12.0 Å². The molecule has 2 saturated heterocycles. The first-order valence-electron chi connectivity index (χ1n) is 8.15. The topological polar surface area (TPSA) is 105 Å². The zero-order valence-corrected chi connectivity index (χ0v) is 15.7. The second-order valence-electron chi connectivity index (χ2n) is 6.20. The van der Waals surface area contributed by atoms with Gasteiger partial charge in [0.1, 0.15) is 0 Å². The van der Waals surface area contributed by atoms with Crippen LogP contribution in [0.5, 0.6) is 0 Å². The van der Waals surface area contributed by atoms with Gasteiger partial charge in [0.2, 0.25) is 11.8 Å². The van der Waals surface area contributed by atoms with Crippen LogP contribution in [0.1, 0.15) is 12.0 Å². The fraction of sp³-hybridized carbons (Fsp3) is 0.500. The van der Waals surface area contributed by atoms with Gasteiger partial charge in [-0.25, -0.2) is 0 Å². The van der Waals surface area contributed by atoms with Crippen molar-refractivity contribution in [1.29, 1.82) is 0 Å².